The van der Waals surface area contributed by atoms with E-state index in [1.54, 1.807) is 4.31 Å². The number of hydrogen-bond donors (Lipinski definition) is 1. The Labute approximate surface area is 195 Å². The van der Waals surface area contributed by atoms with Crippen LogP contribution in [0.5, 0.6) is 0 Å². The van der Waals surface area contributed by atoms with Crippen molar-refractivity contribution < 1.29 is 17.6 Å². The van der Waals surface area contributed by atoms with E-state index in [1.807, 2.05) is 31.2 Å². The average Bonchev–Trinajstić information content (AvgIpc) is 3.28. The first-order valence-electron chi connectivity index (χ1n) is 10.4. The van der Waals surface area contributed by atoms with E-state index in [9.17, 15) is 13.2 Å². The number of nitrogens with one attached hydrogen (secondary N) is 1. The molecule has 2 heterocycles. The molecule has 0 saturated carbocycles. The van der Waals surface area contributed by atoms with Crippen molar-refractivity contribution in [1.29, 1.82) is 0 Å². The van der Waals surface area contributed by atoms with Gasteiger partial charge in [0, 0.05) is 28.2 Å². The van der Waals surface area contributed by atoms with Gasteiger partial charge in [-0.15, -0.1) is 5.10 Å². The van der Waals surface area contributed by atoms with Crippen molar-refractivity contribution in [3.63, 3.8) is 0 Å². The molecule has 0 radical (unpaired) electrons. The summed E-state index contributed by atoms with van der Waals surface area (Å²) in [6.07, 6.45) is 3.57. The average molecular weight is 519 g/mol. The van der Waals surface area contributed by atoms with Crippen molar-refractivity contribution in [1.82, 2.24) is 14.5 Å². The number of sulfonamides is 1. The first kappa shape index (κ1) is 22.6. The number of piperidine rings is 1. The Bertz CT molecular complexity index is 1190. The molecule has 10 heteroatoms. The first-order chi connectivity index (χ1) is 15.4. The van der Waals surface area contributed by atoms with Crippen molar-refractivity contribution in [2.75, 3.05) is 11.9 Å². The van der Waals surface area contributed by atoms with Gasteiger partial charge in [0.1, 0.15) is 0 Å². The Kier molecular flexibility index (Phi) is 6.73. The summed E-state index contributed by atoms with van der Waals surface area (Å²) >= 11 is 3.36. The van der Waals surface area contributed by atoms with Gasteiger partial charge in [-0.25, -0.2) is 8.42 Å². The van der Waals surface area contributed by atoms with E-state index >= 15 is 0 Å². The highest BCUT2D eigenvalue weighted by molar-refractivity contribution is 9.10. The molecule has 3 aromatic rings. The third-order valence-corrected chi connectivity index (χ3v) is 8.00. The minimum absolute atomic E-state index is 0.0224. The van der Waals surface area contributed by atoms with E-state index in [4.69, 9.17) is 4.42 Å². The Morgan fingerprint density at radius 1 is 1.12 bits per heavy atom. The van der Waals surface area contributed by atoms with Crippen molar-refractivity contribution in [3.05, 3.63) is 58.6 Å². The van der Waals surface area contributed by atoms with Crippen LogP contribution in [-0.2, 0) is 10.0 Å². The van der Waals surface area contributed by atoms with Crippen LogP contribution in [0.15, 0.2) is 62.3 Å². The SMILES string of the molecule is CCC1CCCCN1S(=O)(=O)c1ccc(C(=O)Nc2nnc(-c3ccc(Br)cc3)o2)cc1. The lowest BCUT2D eigenvalue weighted by atomic mass is 10.0. The highest BCUT2D eigenvalue weighted by Crippen LogP contribution is 2.27. The van der Waals surface area contributed by atoms with Gasteiger partial charge in [-0.05, 0) is 67.8 Å². The van der Waals surface area contributed by atoms with Crippen LogP contribution < -0.4 is 5.32 Å². The zero-order chi connectivity index (χ0) is 22.7. The number of nitrogens with zero attached hydrogens (tertiary/aromatic N) is 3. The van der Waals surface area contributed by atoms with Crippen molar-refractivity contribution in [3.8, 4) is 11.5 Å². The summed E-state index contributed by atoms with van der Waals surface area (Å²) in [4.78, 5) is 12.7. The van der Waals surface area contributed by atoms with Gasteiger partial charge in [0.15, 0.2) is 0 Å². The quantitative estimate of drug-likeness (QED) is 0.506. The molecule has 4 rings (SSSR count). The molecule has 0 spiro atoms. The summed E-state index contributed by atoms with van der Waals surface area (Å²) in [5, 5.41) is 10.3. The molecule has 1 aliphatic rings. The van der Waals surface area contributed by atoms with Gasteiger partial charge in [0.25, 0.3) is 5.91 Å². The first-order valence-corrected chi connectivity index (χ1v) is 12.6. The van der Waals surface area contributed by atoms with E-state index < -0.39 is 15.9 Å². The van der Waals surface area contributed by atoms with Crippen molar-refractivity contribution in [2.24, 2.45) is 0 Å². The van der Waals surface area contributed by atoms with Crippen LogP contribution in [0.1, 0.15) is 43.0 Å². The van der Waals surface area contributed by atoms with Crippen LogP contribution in [-0.4, -0.2) is 41.4 Å². The number of aromatic nitrogens is 2. The summed E-state index contributed by atoms with van der Waals surface area (Å²) in [5.41, 5.74) is 1.01. The second-order valence-electron chi connectivity index (χ2n) is 7.57. The Hall–Kier alpha value is -2.56. The normalized spacial score (nSPS) is 17.2. The van der Waals surface area contributed by atoms with Crippen molar-refractivity contribution in [2.45, 2.75) is 43.5 Å². The molecule has 8 nitrogen and oxygen atoms in total. The van der Waals surface area contributed by atoms with Crippen LogP contribution in [0, 0.1) is 0 Å². The number of halogens is 1. The maximum atomic E-state index is 13.1. The fraction of sp³-hybridized carbons (Fsp3) is 0.318. The zero-order valence-corrected chi connectivity index (χ0v) is 19.9. The lowest BCUT2D eigenvalue weighted by Crippen LogP contribution is -2.43. The molecular weight excluding hydrogens is 496 g/mol. The number of hydrogen-bond acceptors (Lipinski definition) is 6. The minimum Gasteiger partial charge on any atom is -0.403 e. The van der Waals surface area contributed by atoms with E-state index in [0.717, 1.165) is 35.7 Å². The predicted molar refractivity (Wildman–Crippen MR) is 124 cm³/mol. The maximum Gasteiger partial charge on any atom is 0.322 e. The second kappa shape index (κ2) is 9.51. The van der Waals surface area contributed by atoms with Crippen LogP contribution >= 0.6 is 15.9 Å². The summed E-state index contributed by atoms with van der Waals surface area (Å²) in [6.45, 7) is 2.53. The highest BCUT2D eigenvalue weighted by Gasteiger charge is 2.32. The van der Waals surface area contributed by atoms with Crippen LogP contribution in [0.25, 0.3) is 11.5 Å². The van der Waals surface area contributed by atoms with E-state index in [2.05, 4.69) is 31.4 Å². The van der Waals surface area contributed by atoms with Crippen LogP contribution in [0.2, 0.25) is 0 Å². The van der Waals surface area contributed by atoms with Gasteiger partial charge >= 0.3 is 6.01 Å². The number of anilines is 1. The molecule has 168 valence electrons. The van der Waals surface area contributed by atoms with E-state index in [-0.39, 0.29) is 28.4 Å². The molecule has 1 N–H and O–H groups in total. The molecule has 1 amide bonds. The van der Waals surface area contributed by atoms with Crippen molar-refractivity contribution >= 4 is 37.9 Å². The standard InChI is InChI=1S/C22H23BrN4O4S/c1-2-18-5-3-4-14-27(18)32(29,30)19-12-8-15(9-13-19)20(28)24-22-26-25-21(31-22)16-6-10-17(23)11-7-16/h6-13,18H,2-5,14H2,1H3,(H,24,26,28). The largest absolute Gasteiger partial charge is 0.403 e. The van der Waals surface area contributed by atoms with Crippen LogP contribution in [0.4, 0.5) is 6.01 Å². The molecule has 1 aromatic heterocycles. The van der Waals surface area contributed by atoms with Gasteiger partial charge in [-0.2, -0.15) is 4.31 Å². The monoisotopic (exact) mass is 518 g/mol. The van der Waals surface area contributed by atoms with Gasteiger partial charge in [-0.3, -0.25) is 10.1 Å². The Balaban J connectivity index is 1.46. The Morgan fingerprint density at radius 2 is 1.84 bits per heavy atom. The second-order valence-corrected chi connectivity index (χ2v) is 10.4. The van der Waals surface area contributed by atoms with Gasteiger partial charge in [0.05, 0.1) is 4.90 Å². The molecular formula is C22H23BrN4O4S. The molecule has 0 bridgehead atoms. The smallest absolute Gasteiger partial charge is 0.322 e. The van der Waals surface area contributed by atoms with Gasteiger partial charge < -0.3 is 4.42 Å². The number of carbonyl (C=O) groups excluding carboxylic acids is 1. The summed E-state index contributed by atoms with van der Waals surface area (Å²) in [5.74, 6) is -0.189. The number of rotatable bonds is 6. The summed E-state index contributed by atoms with van der Waals surface area (Å²) in [6, 6.07) is 13.2. The zero-order valence-electron chi connectivity index (χ0n) is 17.5. The third-order valence-electron chi connectivity index (χ3n) is 5.50. The lowest BCUT2D eigenvalue weighted by Gasteiger charge is -2.34. The predicted octanol–water partition coefficient (Wildman–Crippen LogP) is 4.70. The molecule has 1 aliphatic heterocycles. The topological polar surface area (TPSA) is 105 Å². The number of amides is 1. The molecule has 0 aliphatic carbocycles. The molecule has 1 atom stereocenters. The molecule has 1 saturated heterocycles. The maximum absolute atomic E-state index is 13.1. The van der Waals surface area contributed by atoms with Gasteiger partial charge in [-0.1, -0.05) is 34.4 Å². The number of carbonyl (C=O) groups is 1. The van der Waals surface area contributed by atoms with E-state index in [1.165, 1.54) is 24.3 Å². The summed E-state index contributed by atoms with van der Waals surface area (Å²) in [7, 11) is -3.60. The molecule has 32 heavy (non-hydrogen) atoms. The highest BCUT2D eigenvalue weighted by atomic mass is 79.9. The number of benzene rings is 2. The molecule has 1 fully saturated rings. The van der Waals surface area contributed by atoms with Gasteiger partial charge in [0.2, 0.25) is 15.9 Å². The fourth-order valence-corrected chi connectivity index (χ4v) is 5.80. The molecule has 2 aromatic carbocycles. The van der Waals surface area contributed by atoms with Crippen LogP contribution in [0.3, 0.4) is 0 Å². The molecule has 1 unspecified atom stereocenters. The minimum atomic E-state index is -3.60. The van der Waals surface area contributed by atoms with E-state index in [0.29, 0.717) is 6.54 Å². The lowest BCUT2D eigenvalue weighted by molar-refractivity contribution is 0.102. The summed E-state index contributed by atoms with van der Waals surface area (Å²) < 4.78 is 34.2. The Morgan fingerprint density at radius 3 is 2.53 bits per heavy atom. The fourth-order valence-electron chi connectivity index (χ4n) is 3.76. The third kappa shape index (κ3) is 4.77.